The summed E-state index contributed by atoms with van der Waals surface area (Å²) in [5.74, 6) is 3.40. The lowest BCUT2D eigenvalue weighted by Gasteiger charge is -2.14. The number of unbranched alkanes of at least 4 members (excludes halogenated alkanes) is 12. The van der Waals surface area contributed by atoms with Crippen molar-refractivity contribution in [2.75, 3.05) is 0 Å². The van der Waals surface area contributed by atoms with Crippen molar-refractivity contribution < 1.29 is 19.2 Å². The third kappa shape index (κ3) is 17.8. The van der Waals surface area contributed by atoms with Crippen LogP contribution < -0.4 is 5.90 Å². The number of hydrogen-bond acceptors (Lipinski definition) is 5. The molecule has 0 amide bonds. The molecule has 0 aromatic heterocycles. The standard InChI is InChI=1S/C22H41NO4/c1-3-5-6-7-8-9-10-11-12-13-14-15-16-17-20(4-2)26-21(24)18-19-22(25)27-23/h18-20H,3-17,23H2,1-2H3/b19-18-. The van der Waals surface area contributed by atoms with Gasteiger partial charge in [-0.2, -0.15) is 5.90 Å². The second-order valence-corrected chi connectivity index (χ2v) is 7.27. The maximum absolute atomic E-state index is 11.6. The molecule has 0 aromatic carbocycles. The van der Waals surface area contributed by atoms with Gasteiger partial charge in [0.05, 0.1) is 0 Å². The third-order valence-electron chi connectivity index (χ3n) is 4.84. The minimum atomic E-state index is -0.767. The molecule has 1 atom stereocenters. The number of carbonyl (C=O) groups is 2. The molecule has 0 aliphatic rings. The Morgan fingerprint density at radius 2 is 1.19 bits per heavy atom. The molecule has 0 bridgehead atoms. The first-order valence-corrected chi connectivity index (χ1v) is 10.9. The average molecular weight is 384 g/mol. The Kier molecular flexibility index (Phi) is 18.4. The molecule has 0 spiro atoms. The maximum atomic E-state index is 11.6. The van der Waals surface area contributed by atoms with Crippen LogP contribution in [0.15, 0.2) is 12.2 Å². The van der Waals surface area contributed by atoms with Crippen molar-refractivity contribution in [3.63, 3.8) is 0 Å². The van der Waals surface area contributed by atoms with Gasteiger partial charge in [0.15, 0.2) is 0 Å². The van der Waals surface area contributed by atoms with Gasteiger partial charge in [-0.05, 0) is 19.3 Å². The number of ether oxygens (including phenoxy) is 1. The molecule has 5 heteroatoms. The highest BCUT2D eigenvalue weighted by Crippen LogP contribution is 2.15. The summed E-state index contributed by atoms with van der Waals surface area (Å²) in [6.07, 6.45) is 20.8. The van der Waals surface area contributed by atoms with Gasteiger partial charge in [0.1, 0.15) is 6.10 Å². The lowest BCUT2D eigenvalue weighted by Crippen LogP contribution is -2.16. The lowest BCUT2D eigenvalue weighted by atomic mass is 10.0. The quantitative estimate of drug-likeness (QED) is 0.141. The van der Waals surface area contributed by atoms with Gasteiger partial charge in [-0.3, -0.25) is 0 Å². The van der Waals surface area contributed by atoms with Gasteiger partial charge >= 0.3 is 11.9 Å². The highest BCUT2D eigenvalue weighted by atomic mass is 16.7. The summed E-state index contributed by atoms with van der Waals surface area (Å²) < 4.78 is 5.33. The van der Waals surface area contributed by atoms with Crippen molar-refractivity contribution in [2.24, 2.45) is 5.90 Å². The minimum absolute atomic E-state index is 0.0937. The lowest BCUT2D eigenvalue weighted by molar-refractivity contribution is -0.144. The molecule has 0 aliphatic carbocycles. The van der Waals surface area contributed by atoms with E-state index in [9.17, 15) is 9.59 Å². The molecule has 27 heavy (non-hydrogen) atoms. The number of hydrogen-bond donors (Lipinski definition) is 1. The summed E-state index contributed by atoms with van der Waals surface area (Å²) in [5, 5.41) is 0. The number of rotatable bonds is 18. The van der Waals surface area contributed by atoms with Crippen LogP contribution >= 0.6 is 0 Å². The van der Waals surface area contributed by atoms with Crippen LogP contribution in [0.5, 0.6) is 0 Å². The van der Waals surface area contributed by atoms with Crippen molar-refractivity contribution in [1.82, 2.24) is 0 Å². The van der Waals surface area contributed by atoms with E-state index in [4.69, 9.17) is 10.6 Å². The van der Waals surface area contributed by atoms with Gasteiger partial charge in [0.2, 0.25) is 0 Å². The van der Waals surface area contributed by atoms with Crippen molar-refractivity contribution in [1.29, 1.82) is 0 Å². The molecule has 1 unspecified atom stereocenters. The van der Waals surface area contributed by atoms with Crippen molar-refractivity contribution in [3.05, 3.63) is 12.2 Å². The van der Waals surface area contributed by atoms with E-state index in [0.29, 0.717) is 0 Å². The molecular weight excluding hydrogens is 342 g/mol. The van der Waals surface area contributed by atoms with Crippen LogP contribution in [0.25, 0.3) is 0 Å². The van der Waals surface area contributed by atoms with Gasteiger partial charge in [0.25, 0.3) is 0 Å². The summed E-state index contributed by atoms with van der Waals surface area (Å²) >= 11 is 0. The first kappa shape index (κ1) is 25.6. The van der Waals surface area contributed by atoms with Crippen LogP contribution in [-0.4, -0.2) is 18.0 Å². The van der Waals surface area contributed by atoms with E-state index < -0.39 is 11.9 Å². The van der Waals surface area contributed by atoms with Crippen LogP contribution in [0.4, 0.5) is 0 Å². The largest absolute Gasteiger partial charge is 0.459 e. The van der Waals surface area contributed by atoms with Crippen molar-refractivity contribution >= 4 is 11.9 Å². The third-order valence-corrected chi connectivity index (χ3v) is 4.84. The van der Waals surface area contributed by atoms with E-state index in [1.54, 1.807) is 0 Å². The summed E-state index contributed by atoms with van der Waals surface area (Å²) in [7, 11) is 0. The number of esters is 1. The Bertz CT molecular complexity index is 396. The smallest absolute Gasteiger partial charge is 0.349 e. The first-order valence-electron chi connectivity index (χ1n) is 10.9. The van der Waals surface area contributed by atoms with Crippen LogP contribution in [0, 0.1) is 0 Å². The van der Waals surface area contributed by atoms with E-state index in [-0.39, 0.29) is 6.10 Å². The van der Waals surface area contributed by atoms with E-state index in [2.05, 4.69) is 11.8 Å². The molecule has 0 radical (unpaired) electrons. The predicted octanol–water partition coefficient (Wildman–Crippen LogP) is 5.76. The molecule has 0 saturated heterocycles. The van der Waals surface area contributed by atoms with E-state index in [1.807, 2.05) is 6.92 Å². The highest BCUT2D eigenvalue weighted by Gasteiger charge is 2.10. The molecule has 0 heterocycles. The molecule has 0 aromatic rings. The fraction of sp³-hybridized carbons (Fsp3) is 0.818. The van der Waals surface area contributed by atoms with E-state index >= 15 is 0 Å². The van der Waals surface area contributed by atoms with Crippen molar-refractivity contribution in [2.45, 2.75) is 116 Å². The SMILES string of the molecule is CCCCCCCCCCCCCCCC(CC)OC(=O)/C=C\C(=O)ON. The van der Waals surface area contributed by atoms with Crippen LogP contribution in [-0.2, 0) is 19.2 Å². The van der Waals surface area contributed by atoms with Gasteiger partial charge < -0.3 is 9.57 Å². The summed E-state index contributed by atoms with van der Waals surface area (Å²) in [5.41, 5.74) is 0. The van der Waals surface area contributed by atoms with E-state index in [1.165, 1.54) is 77.0 Å². The normalized spacial score (nSPS) is 12.3. The Hall–Kier alpha value is -1.36. The van der Waals surface area contributed by atoms with Crippen molar-refractivity contribution in [3.8, 4) is 0 Å². The fourth-order valence-electron chi connectivity index (χ4n) is 3.12. The maximum Gasteiger partial charge on any atom is 0.349 e. The minimum Gasteiger partial charge on any atom is -0.459 e. The summed E-state index contributed by atoms with van der Waals surface area (Å²) in [6, 6.07) is 0. The molecule has 0 fully saturated rings. The topological polar surface area (TPSA) is 78.6 Å². The predicted molar refractivity (Wildman–Crippen MR) is 110 cm³/mol. The number of carbonyl (C=O) groups excluding carboxylic acids is 2. The summed E-state index contributed by atoms with van der Waals surface area (Å²) in [6.45, 7) is 4.26. The zero-order valence-electron chi connectivity index (χ0n) is 17.5. The Morgan fingerprint density at radius 1 is 0.741 bits per heavy atom. The average Bonchev–Trinajstić information content (AvgIpc) is 2.68. The van der Waals surface area contributed by atoms with Gasteiger partial charge in [-0.25, -0.2) is 9.59 Å². The summed E-state index contributed by atoms with van der Waals surface area (Å²) in [4.78, 5) is 26.4. The molecule has 2 N–H and O–H groups in total. The monoisotopic (exact) mass is 383 g/mol. The Morgan fingerprint density at radius 3 is 1.63 bits per heavy atom. The van der Waals surface area contributed by atoms with Gasteiger partial charge in [-0.15, -0.1) is 0 Å². The van der Waals surface area contributed by atoms with Crippen LogP contribution in [0.3, 0.4) is 0 Å². The zero-order valence-corrected chi connectivity index (χ0v) is 17.5. The van der Waals surface area contributed by atoms with Gasteiger partial charge in [0, 0.05) is 12.2 Å². The molecule has 5 nitrogen and oxygen atoms in total. The molecule has 0 saturated carbocycles. The molecular formula is C22H41NO4. The number of nitrogens with two attached hydrogens (primary N) is 1. The van der Waals surface area contributed by atoms with E-state index in [0.717, 1.165) is 31.4 Å². The molecule has 0 rings (SSSR count). The second kappa shape index (κ2) is 19.4. The van der Waals surface area contributed by atoms with Gasteiger partial charge in [-0.1, -0.05) is 90.9 Å². The Labute approximate surface area is 166 Å². The molecule has 158 valence electrons. The Balaban J connectivity index is 3.52. The van der Waals surface area contributed by atoms with Crippen LogP contribution in [0.1, 0.15) is 110 Å². The second-order valence-electron chi connectivity index (χ2n) is 7.27. The fourth-order valence-corrected chi connectivity index (χ4v) is 3.12. The first-order chi connectivity index (χ1) is 13.1. The van der Waals surface area contributed by atoms with Crippen LogP contribution in [0.2, 0.25) is 0 Å². The highest BCUT2D eigenvalue weighted by molar-refractivity contribution is 5.91. The molecule has 0 aliphatic heterocycles. The zero-order chi connectivity index (χ0) is 20.2.